The molecule has 0 spiro atoms. The molecule has 0 fully saturated rings. The van der Waals surface area contributed by atoms with E-state index in [4.69, 9.17) is 11.6 Å². The van der Waals surface area contributed by atoms with Crippen LogP contribution in [-0.4, -0.2) is 27.5 Å². The fraction of sp³-hybridized carbons (Fsp3) is 0.118. The van der Waals surface area contributed by atoms with Crippen LogP contribution in [0, 0.1) is 6.92 Å². The number of aromatic nitrogens is 3. The van der Waals surface area contributed by atoms with E-state index in [0.29, 0.717) is 22.1 Å². The number of hydrogen-bond acceptors (Lipinski definition) is 4. The van der Waals surface area contributed by atoms with Crippen molar-refractivity contribution in [3.8, 4) is 11.4 Å². The maximum Gasteiger partial charge on any atom is 0.387 e. The van der Waals surface area contributed by atoms with Crippen molar-refractivity contribution in [3.63, 3.8) is 0 Å². The number of rotatable bonds is 5. The van der Waals surface area contributed by atoms with Crippen molar-refractivity contribution in [1.82, 2.24) is 15.0 Å². The number of hydrogen-bond donors (Lipinski definition) is 1. The summed E-state index contributed by atoms with van der Waals surface area (Å²) in [7, 11) is 0. The summed E-state index contributed by atoms with van der Waals surface area (Å²) in [6, 6.07) is 12.5. The summed E-state index contributed by atoms with van der Waals surface area (Å²) in [6.07, 6.45) is 0. The van der Waals surface area contributed by atoms with Crippen LogP contribution >= 0.6 is 11.6 Å². The molecule has 0 saturated carbocycles. The molecule has 0 aliphatic carbocycles. The zero-order chi connectivity index (χ0) is 18.7. The molecule has 0 bridgehead atoms. The Hall–Kier alpha value is -3.00. The third-order valence-electron chi connectivity index (χ3n) is 3.52. The Morgan fingerprint density at radius 2 is 1.81 bits per heavy atom. The number of carbonyl (C=O) groups excluding carboxylic acids is 1. The van der Waals surface area contributed by atoms with Crippen LogP contribution in [0.1, 0.15) is 16.2 Å². The highest BCUT2D eigenvalue weighted by atomic mass is 35.5. The van der Waals surface area contributed by atoms with E-state index in [9.17, 15) is 13.6 Å². The average molecular weight is 379 g/mol. The molecular weight excluding hydrogens is 366 g/mol. The minimum absolute atomic E-state index is 0.0298. The van der Waals surface area contributed by atoms with Crippen molar-refractivity contribution in [2.24, 2.45) is 0 Å². The third kappa shape index (κ3) is 3.97. The lowest BCUT2D eigenvalue weighted by Gasteiger charge is -2.07. The number of anilines is 1. The number of benzene rings is 2. The Kier molecular flexibility index (Phi) is 5.13. The van der Waals surface area contributed by atoms with Gasteiger partial charge in [0.05, 0.1) is 11.4 Å². The highest BCUT2D eigenvalue weighted by Crippen LogP contribution is 2.19. The van der Waals surface area contributed by atoms with Crippen LogP contribution in [0.2, 0.25) is 5.02 Å². The first kappa shape index (κ1) is 17.8. The topological polar surface area (TPSA) is 69.0 Å². The quantitative estimate of drug-likeness (QED) is 0.726. The summed E-state index contributed by atoms with van der Waals surface area (Å²) in [5, 5.41) is 11.1. The summed E-state index contributed by atoms with van der Waals surface area (Å²) < 4.78 is 30.1. The zero-order valence-corrected chi connectivity index (χ0v) is 14.2. The van der Waals surface area contributed by atoms with Crippen LogP contribution in [0.15, 0.2) is 48.5 Å². The second kappa shape index (κ2) is 7.49. The highest BCUT2D eigenvalue weighted by molar-refractivity contribution is 6.30. The average Bonchev–Trinajstić information content (AvgIpc) is 2.99. The largest absolute Gasteiger partial charge is 0.435 e. The lowest BCUT2D eigenvalue weighted by Crippen LogP contribution is -2.14. The summed E-state index contributed by atoms with van der Waals surface area (Å²) >= 11 is 5.81. The van der Waals surface area contributed by atoms with Gasteiger partial charge in [0.2, 0.25) is 0 Å². The molecule has 0 saturated heterocycles. The Morgan fingerprint density at radius 1 is 1.15 bits per heavy atom. The van der Waals surface area contributed by atoms with Crippen LogP contribution in [0.4, 0.5) is 14.5 Å². The molecule has 1 aromatic heterocycles. The van der Waals surface area contributed by atoms with Gasteiger partial charge in [-0.2, -0.15) is 8.78 Å². The maximum atomic E-state index is 12.4. The van der Waals surface area contributed by atoms with E-state index >= 15 is 0 Å². The van der Waals surface area contributed by atoms with Gasteiger partial charge in [-0.1, -0.05) is 16.8 Å². The molecule has 0 unspecified atom stereocenters. The molecule has 0 atom stereocenters. The van der Waals surface area contributed by atoms with Crippen LogP contribution in [0.25, 0.3) is 5.69 Å². The van der Waals surface area contributed by atoms with Gasteiger partial charge in [-0.3, -0.25) is 4.79 Å². The first-order chi connectivity index (χ1) is 12.4. The SMILES string of the molecule is Cc1c(C(=O)Nc2ccc(Cl)cc2)nnn1-c1ccc(OC(F)F)cc1. The summed E-state index contributed by atoms with van der Waals surface area (Å²) in [6.45, 7) is -1.21. The van der Waals surface area contributed by atoms with E-state index in [1.54, 1.807) is 43.3 Å². The summed E-state index contributed by atoms with van der Waals surface area (Å²) in [4.78, 5) is 12.4. The maximum absolute atomic E-state index is 12.4. The van der Waals surface area contributed by atoms with Crippen LogP contribution in [-0.2, 0) is 0 Å². The van der Waals surface area contributed by atoms with Gasteiger partial charge < -0.3 is 10.1 Å². The minimum Gasteiger partial charge on any atom is -0.435 e. The number of carbonyl (C=O) groups is 1. The molecular formula is C17H13ClF2N4O2. The standard InChI is InChI=1S/C17H13ClF2N4O2/c1-10-15(16(25)21-12-4-2-11(18)3-5-12)22-23-24(10)13-6-8-14(9-7-13)26-17(19)20/h2-9,17H,1H3,(H,21,25). The molecule has 0 radical (unpaired) electrons. The molecule has 0 aliphatic rings. The molecule has 9 heteroatoms. The fourth-order valence-corrected chi connectivity index (χ4v) is 2.40. The first-order valence-electron chi connectivity index (χ1n) is 7.48. The Morgan fingerprint density at radius 3 is 2.42 bits per heavy atom. The van der Waals surface area contributed by atoms with Gasteiger partial charge in [-0.05, 0) is 55.5 Å². The van der Waals surface area contributed by atoms with Crippen molar-refractivity contribution >= 4 is 23.2 Å². The number of halogens is 3. The molecule has 3 aromatic rings. The predicted molar refractivity (Wildman–Crippen MR) is 92.1 cm³/mol. The Bertz CT molecular complexity index is 912. The van der Waals surface area contributed by atoms with Gasteiger partial charge in [0.15, 0.2) is 5.69 Å². The smallest absolute Gasteiger partial charge is 0.387 e. The second-order valence-corrected chi connectivity index (χ2v) is 5.71. The van der Waals surface area contributed by atoms with Gasteiger partial charge >= 0.3 is 6.61 Å². The molecule has 134 valence electrons. The molecule has 1 N–H and O–H groups in total. The molecule has 26 heavy (non-hydrogen) atoms. The van der Waals surface area contributed by atoms with Crippen LogP contribution in [0.3, 0.4) is 0 Å². The van der Waals surface area contributed by atoms with Crippen LogP contribution in [0.5, 0.6) is 5.75 Å². The van der Waals surface area contributed by atoms with Crippen molar-refractivity contribution < 1.29 is 18.3 Å². The fourth-order valence-electron chi connectivity index (χ4n) is 2.28. The van der Waals surface area contributed by atoms with E-state index in [0.717, 1.165) is 0 Å². The van der Waals surface area contributed by atoms with Gasteiger partial charge in [-0.25, -0.2) is 4.68 Å². The predicted octanol–water partition coefficient (Wildman–Crippen LogP) is 4.08. The van der Waals surface area contributed by atoms with Crippen LogP contribution < -0.4 is 10.1 Å². The van der Waals surface area contributed by atoms with E-state index in [-0.39, 0.29) is 11.4 Å². The third-order valence-corrected chi connectivity index (χ3v) is 3.77. The summed E-state index contributed by atoms with van der Waals surface area (Å²) in [5.41, 5.74) is 1.77. The molecule has 2 aromatic carbocycles. The van der Waals surface area contributed by atoms with Gasteiger partial charge in [0.25, 0.3) is 5.91 Å². The van der Waals surface area contributed by atoms with Gasteiger partial charge in [-0.15, -0.1) is 5.10 Å². The lowest BCUT2D eigenvalue weighted by atomic mass is 10.2. The molecule has 3 rings (SSSR count). The molecule has 1 heterocycles. The minimum atomic E-state index is -2.89. The van der Waals surface area contributed by atoms with Gasteiger partial charge in [0, 0.05) is 10.7 Å². The van der Waals surface area contributed by atoms with E-state index in [1.807, 2.05) is 0 Å². The molecule has 1 amide bonds. The van der Waals surface area contributed by atoms with E-state index in [1.165, 1.54) is 16.8 Å². The van der Waals surface area contributed by atoms with Crippen molar-refractivity contribution in [2.45, 2.75) is 13.5 Å². The van der Waals surface area contributed by atoms with Gasteiger partial charge in [0.1, 0.15) is 5.75 Å². The number of amides is 1. The van der Waals surface area contributed by atoms with Crippen molar-refractivity contribution in [2.75, 3.05) is 5.32 Å². The number of nitrogens with zero attached hydrogens (tertiary/aromatic N) is 3. The number of alkyl halides is 2. The molecule has 0 aliphatic heterocycles. The van der Waals surface area contributed by atoms with E-state index in [2.05, 4.69) is 20.4 Å². The number of nitrogens with one attached hydrogen (secondary N) is 1. The number of ether oxygens (including phenoxy) is 1. The van der Waals surface area contributed by atoms with Crippen molar-refractivity contribution in [1.29, 1.82) is 0 Å². The highest BCUT2D eigenvalue weighted by Gasteiger charge is 2.17. The lowest BCUT2D eigenvalue weighted by molar-refractivity contribution is -0.0498. The first-order valence-corrected chi connectivity index (χ1v) is 7.86. The Labute approximate surface area is 152 Å². The van der Waals surface area contributed by atoms with Crippen molar-refractivity contribution in [3.05, 3.63) is 64.9 Å². The zero-order valence-electron chi connectivity index (χ0n) is 13.5. The second-order valence-electron chi connectivity index (χ2n) is 5.27. The Balaban J connectivity index is 1.78. The summed E-state index contributed by atoms with van der Waals surface area (Å²) in [5.74, 6) is -0.393. The monoisotopic (exact) mass is 378 g/mol. The van der Waals surface area contributed by atoms with E-state index < -0.39 is 12.5 Å². The normalized spacial score (nSPS) is 10.8. The molecule has 6 nitrogen and oxygen atoms in total.